The van der Waals surface area contributed by atoms with E-state index < -0.39 is 5.60 Å². The molecule has 2 rings (SSSR count). The van der Waals surface area contributed by atoms with E-state index in [9.17, 15) is 4.79 Å². The summed E-state index contributed by atoms with van der Waals surface area (Å²) in [6.07, 6.45) is 3.26. The largest absolute Gasteiger partial charge is 0.431 e. The molecule has 0 bridgehead atoms. The molecule has 0 aromatic heterocycles. The van der Waals surface area contributed by atoms with Crippen molar-refractivity contribution >= 4 is 34.3 Å². The van der Waals surface area contributed by atoms with E-state index in [2.05, 4.69) is 6.07 Å². The topological polar surface area (TPSA) is 29.5 Å². The SMILES string of the molecule is CSC(=S)[C@@]1(OC(=O)N(C(C)C)C(C)C)CCc2ccccc21. The number of hydrogen-bond acceptors (Lipinski definition) is 4. The lowest BCUT2D eigenvalue weighted by Crippen LogP contribution is -2.47. The maximum absolute atomic E-state index is 12.9. The molecule has 1 aromatic rings. The highest BCUT2D eigenvalue weighted by molar-refractivity contribution is 8.22. The smallest absolute Gasteiger partial charge is 0.411 e. The van der Waals surface area contributed by atoms with E-state index >= 15 is 0 Å². The van der Waals surface area contributed by atoms with Crippen LogP contribution in [-0.4, -0.2) is 33.5 Å². The number of nitrogens with zero attached hydrogens (tertiary/aromatic N) is 1. The maximum atomic E-state index is 12.9. The molecular weight excluding hydrogens is 326 g/mol. The monoisotopic (exact) mass is 351 g/mol. The van der Waals surface area contributed by atoms with Gasteiger partial charge in [-0.3, -0.25) is 0 Å². The van der Waals surface area contributed by atoms with Crippen molar-refractivity contribution < 1.29 is 9.53 Å². The first-order valence-electron chi connectivity index (χ1n) is 8.01. The fourth-order valence-corrected chi connectivity index (χ4v) is 4.16. The molecule has 0 heterocycles. The number of fused-ring (bicyclic) bond motifs is 1. The first kappa shape index (κ1) is 18.3. The zero-order valence-electron chi connectivity index (χ0n) is 14.5. The number of ether oxygens (including phenoxy) is 1. The van der Waals surface area contributed by atoms with Crippen LogP contribution in [0.1, 0.15) is 45.2 Å². The number of carbonyl (C=O) groups is 1. The average molecular weight is 352 g/mol. The molecule has 5 heteroatoms. The van der Waals surface area contributed by atoms with Crippen LogP contribution in [0.25, 0.3) is 0 Å². The Balaban J connectivity index is 2.39. The molecule has 1 aliphatic rings. The van der Waals surface area contributed by atoms with Crippen molar-refractivity contribution in [1.29, 1.82) is 0 Å². The standard InChI is InChI=1S/C18H25NO2S2/c1-12(2)19(13(3)4)17(20)21-18(16(22)23-5)11-10-14-8-6-7-9-15(14)18/h6-9,12-13H,10-11H2,1-5H3/t18-/m1/s1. The number of thioether (sulfide) groups is 1. The molecule has 0 radical (unpaired) electrons. The second-order valence-electron chi connectivity index (χ2n) is 6.44. The van der Waals surface area contributed by atoms with Crippen LogP contribution in [-0.2, 0) is 16.8 Å². The predicted molar refractivity (Wildman–Crippen MR) is 101 cm³/mol. The lowest BCUT2D eigenvalue weighted by Gasteiger charge is -2.36. The Labute approximate surface area is 148 Å². The molecule has 1 atom stereocenters. The van der Waals surface area contributed by atoms with Crippen LogP contribution >= 0.6 is 24.0 Å². The number of amides is 1. The summed E-state index contributed by atoms with van der Waals surface area (Å²) in [4.78, 5) is 14.6. The average Bonchev–Trinajstić information content (AvgIpc) is 2.86. The van der Waals surface area contributed by atoms with E-state index in [-0.39, 0.29) is 18.2 Å². The van der Waals surface area contributed by atoms with Crippen LogP contribution in [0.5, 0.6) is 0 Å². The molecule has 0 aliphatic heterocycles. The molecule has 3 nitrogen and oxygen atoms in total. The fourth-order valence-electron chi connectivity index (χ4n) is 3.32. The first-order chi connectivity index (χ1) is 10.8. The van der Waals surface area contributed by atoms with E-state index in [4.69, 9.17) is 17.0 Å². The molecule has 1 aromatic carbocycles. The van der Waals surface area contributed by atoms with Gasteiger partial charge in [-0.15, -0.1) is 11.8 Å². The highest BCUT2D eigenvalue weighted by Gasteiger charge is 2.46. The van der Waals surface area contributed by atoms with Crippen LogP contribution in [0.3, 0.4) is 0 Å². The van der Waals surface area contributed by atoms with Gasteiger partial charge in [0.05, 0.1) is 4.20 Å². The van der Waals surface area contributed by atoms with Crippen LogP contribution in [0, 0.1) is 0 Å². The lowest BCUT2D eigenvalue weighted by atomic mass is 9.98. The van der Waals surface area contributed by atoms with Crippen molar-refractivity contribution in [3.8, 4) is 0 Å². The molecule has 0 fully saturated rings. The molecule has 126 valence electrons. The number of hydrogen-bond donors (Lipinski definition) is 0. The van der Waals surface area contributed by atoms with Crippen LogP contribution < -0.4 is 0 Å². The number of carbonyl (C=O) groups excluding carboxylic acids is 1. The normalized spacial score (nSPS) is 19.8. The third-order valence-electron chi connectivity index (χ3n) is 4.30. The third-order valence-corrected chi connectivity index (χ3v) is 5.83. The molecule has 0 N–H and O–H groups in total. The quantitative estimate of drug-likeness (QED) is 0.731. The van der Waals surface area contributed by atoms with E-state index in [1.165, 1.54) is 17.3 Å². The fraction of sp³-hybridized carbons (Fsp3) is 0.556. The Bertz CT molecular complexity index is 592. The van der Waals surface area contributed by atoms with Gasteiger partial charge in [-0.1, -0.05) is 36.5 Å². The van der Waals surface area contributed by atoms with Crippen molar-refractivity contribution in [3.63, 3.8) is 0 Å². The van der Waals surface area contributed by atoms with Gasteiger partial charge < -0.3 is 9.64 Å². The molecule has 1 amide bonds. The predicted octanol–water partition coefficient (Wildman–Crippen LogP) is 4.77. The van der Waals surface area contributed by atoms with Crippen molar-refractivity contribution in [2.24, 2.45) is 0 Å². The van der Waals surface area contributed by atoms with Gasteiger partial charge in [0.25, 0.3) is 0 Å². The molecule has 0 saturated carbocycles. The van der Waals surface area contributed by atoms with Crippen molar-refractivity contribution in [1.82, 2.24) is 4.90 Å². The second kappa shape index (κ2) is 7.22. The third kappa shape index (κ3) is 3.41. The van der Waals surface area contributed by atoms with Crippen LogP contribution in [0.2, 0.25) is 0 Å². The van der Waals surface area contributed by atoms with E-state index in [0.717, 1.165) is 22.6 Å². The summed E-state index contributed by atoms with van der Waals surface area (Å²) in [5.41, 5.74) is 1.47. The summed E-state index contributed by atoms with van der Waals surface area (Å²) in [5, 5.41) is 0. The summed E-state index contributed by atoms with van der Waals surface area (Å²) in [5.74, 6) is 0. The Morgan fingerprint density at radius 2 is 1.87 bits per heavy atom. The summed E-state index contributed by atoms with van der Waals surface area (Å²) in [6.45, 7) is 8.01. The van der Waals surface area contributed by atoms with E-state index in [0.29, 0.717) is 0 Å². The zero-order chi connectivity index (χ0) is 17.2. The van der Waals surface area contributed by atoms with E-state index in [1.54, 1.807) is 4.90 Å². The van der Waals surface area contributed by atoms with E-state index in [1.807, 2.05) is 52.1 Å². The highest BCUT2D eigenvalue weighted by Crippen LogP contribution is 2.44. The summed E-state index contributed by atoms with van der Waals surface area (Å²) in [6, 6.07) is 8.30. The highest BCUT2D eigenvalue weighted by atomic mass is 32.2. The summed E-state index contributed by atoms with van der Waals surface area (Å²) in [7, 11) is 0. The Kier molecular flexibility index (Phi) is 5.74. The molecule has 0 unspecified atom stereocenters. The number of aryl methyl sites for hydroxylation is 1. The van der Waals surface area contributed by atoms with Gasteiger partial charge >= 0.3 is 6.09 Å². The first-order valence-corrected chi connectivity index (χ1v) is 9.65. The van der Waals surface area contributed by atoms with Gasteiger partial charge in [-0.2, -0.15) is 0 Å². The summed E-state index contributed by atoms with van der Waals surface area (Å²) >= 11 is 7.10. The molecule has 23 heavy (non-hydrogen) atoms. The van der Waals surface area contributed by atoms with Gasteiger partial charge in [0.1, 0.15) is 0 Å². The van der Waals surface area contributed by atoms with Gasteiger partial charge in [-0.25, -0.2) is 4.79 Å². The van der Waals surface area contributed by atoms with Crippen molar-refractivity contribution in [2.75, 3.05) is 6.26 Å². The van der Waals surface area contributed by atoms with Crippen LogP contribution in [0.4, 0.5) is 4.79 Å². The number of thiocarbonyl (C=S) groups is 1. The number of benzene rings is 1. The summed E-state index contributed by atoms with van der Waals surface area (Å²) < 4.78 is 6.81. The number of rotatable bonds is 4. The lowest BCUT2D eigenvalue weighted by molar-refractivity contribution is 0.0199. The zero-order valence-corrected chi connectivity index (χ0v) is 16.1. The molecule has 0 saturated heterocycles. The van der Waals surface area contributed by atoms with Gasteiger partial charge in [-0.05, 0) is 45.9 Å². The minimum absolute atomic E-state index is 0.0825. The second-order valence-corrected chi connectivity index (χ2v) is 7.92. The Morgan fingerprint density at radius 3 is 2.43 bits per heavy atom. The van der Waals surface area contributed by atoms with Gasteiger partial charge in [0, 0.05) is 24.1 Å². The molecular formula is C18H25NO2S2. The Hall–Kier alpha value is -1.07. The molecule has 0 spiro atoms. The van der Waals surface area contributed by atoms with Gasteiger partial charge in [0.15, 0.2) is 5.60 Å². The van der Waals surface area contributed by atoms with Crippen LogP contribution in [0.15, 0.2) is 24.3 Å². The molecule has 1 aliphatic carbocycles. The van der Waals surface area contributed by atoms with Crippen molar-refractivity contribution in [3.05, 3.63) is 35.4 Å². The minimum atomic E-state index is -0.787. The minimum Gasteiger partial charge on any atom is -0.431 e. The maximum Gasteiger partial charge on any atom is 0.411 e. The van der Waals surface area contributed by atoms with Crippen molar-refractivity contribution in [2.45, 2.75) is 58.2 Å². The Morgan fingerprint density at radius 1 is 1.26 bits per heavy atom. The van der Waals surface area contributed by atoms with Gasteiger partial charge in [0.2, 0.25) is 0 Å².